The fraction of sp³-hybridized carbons (Fsp3) is 0.409. The Bertz CT molecular complexity index is 998. The Hall–Kier alpha value is -2.24. The Balaban J connectivity index is 1.68. The maximum Gasteiger partial charge on any atom is 0.147 e. The van der Waals surface area contributed by atoms with Gasteiger partial charge in [0, 0.05) is 42.5 Å². The van der Waals surface area contributed by atoms with Crippen LogP contribution in [-0.4, -0.2) is 32.6 Å². The highest BCUT2D eigenvalue weighted by molar-refractivity contribution is 5.87. The van der Waals surface area contributed by atoms with Gasteiger partial charge in [-0.1, -0.05) is 0 Å². The highest BCUT2D eigenvalue weighted by atomic mass is 19.1. The number of nitrogens with zero attached hydrogens (tertiary/aromatic N) is 3. The molecule has 0 spiro atoms. The molecule has 0 amide bonds. The number of hydrogen-bond acceptors (Lipinski definition) is 3. The van der Waals surface area contributed by atoms with Crippen molar-refractivity contribution in [3.05, 3.63) is 64.9 Å². The van der Waals surface area contributed by atoms with E-state index in [4.69, 9.17) is 0 Å². The van der Waals surface area contributed by atoms with Gasteiger partial charge in [-0.25, -0.2) is 4.39 Å². The van der Waals surface area contributed by atoms with Crippen LogP contribution < -0.4 is 0 Å². The molecule has 4 nitrogen and oxygen atoms in total. The van der Waals surface area contributed by atoms with Gasteiger partial charge in [-0.2, -0.15) is 0 Å². The van der Waals surface area contributed by atoms with Crippen LogP contribution >= 0.6 is 0 Å². The number of fused-ring (bicyclic) bond motifs is 5. The lowest BCUT2D eigenvalue weighted by atomic mass is 9.95. The van der Waals surface area contributed by atoms with Gasteiger partial charge in [-0.3, -0.25) is 9.88 Å². The van der Waals surface area contributed by atoms with Crippen molar-refractivity contribution in [3.8, 4) is 0 Å². The lowest BCUT2D eigenvalue weighted by molar-refractivity contribution is 0.155. The molecular formula is C22H24FN3O. The van der Waals surface area contributed by atoms with Crippen LogP contribution in [-0.2, 0) is 13.0 Å². The first-order chi connectivity index (χ1) is 13.1. The van der Waals surface area contributed by atoms with Gasteiger partial charge in [0.25, 0.3) is 0 Å². The molecule has 2 aromatic heterocycles. The second kappa shape index (κ2) is 6.43. The van der Waals surface area contributed by atoms with Crippen molar-refractivity contribution in [1.82, 2.24) is 14.5 Å². The highest BCUT2D eigenvalue weighted by Crippen LogP contribution is 2.44. The highest BCUT2D eigenvalue weighted by Gasteiger charge is 2.36. The third-order valence-electron chi connectivity index (χ3n) is 6.18. The summed E-state index contributed by atoms with van der Waals surface area (Å²) < 4.78 is 17.1. The standard InChI is InChI=1S/C22H24FN3O/c1-14-11-16-21-18-3-2-9-25(18)10-6-19(21)26(22(16)17(23)12-14)13-20(27)15-4-7-24-8-5-15/h4-5,7-8,11-12,18,20,27H,2-3,6,9-10,13H2,1H3. The van der Waals surface area contributed by atoms with Crippen molar-refractivity contribution in [2.45, 2.75) is 44.9 Å². The van der Waals surface area contributed by atoms with E-state index >= 15 is 4.39 Å². The summed E-state index contributed by atoms with van der Waals surface area (Å²) in [5.41, 5.74) is 4.90. The molecule has 0 saturated carbocycles. The molecule has 2 aliphatic heterocycles. The van der Waals surface area contributed by atoms with E-state index in [-0.39, 0.29) is 5.82 Å². The number of halogens is 1. The van der Waals surface area contributed by atoms with E-state index in [2.05, 4.69) is 16.0 Å². The topological polar surface area (TPSA) is 41.3 Å². The summed E-state index contributed by atoms with van der Waals surface area (Å²) in [5, 5.41) is 11.8. The number of aliphatic hydroxyl groups excluding tert-OH is 1. The molecule has 3 aromatic rings. The van der Waals surface area contributed by atoms with Crippen LogP contribution in [0.3, 0.4) is 0 Å². The first-order valence-corrected chi connectivity index (χ1v) is 9.76. The molecule has 5 rings (SSSR count). The number of pyridine rings is 1. The number of aryl methyl sites for hydroxylation is 1. The van der Waals surface area contributed by atoms with Gasteiger partial charge < -0.3 is 9.67 Å². The first kappa shape index (κ1) is 16.9. The lowest BCUT2D eigenvalue weighted by Gasteiger charge is -2.31. The zero-order chi connectivity index (χ0) is 18.5. The number of rotatable bonds is 3. The van der Waals surface area contributed by atoms with Crippen molar-refractivity contribution >= 4 is 10.9 Å². The number of hydrogen-bond donors (Lipinski definition) is 1. The summed E-state index contributed by atoms with van der Waals surface area (Å²) >= 11 is 0. The van der Waals surface area contributed by atoms with Crippen molar-refractivity contribution in [2.75, 3.05) is 13.1 Å². The minimum Gasteiger partial charge on any atom is -0.387 e. The van der Waals surface area contributed by atoms with Gasteiger partial charge in [-0.15, -0.1) is 0 Å². The SMILES string of the molecule is Cc1cc(F)c2c(c1)c1c(n2CC(O)c2ccncc2)CCN2CCCC12. The molecule has 2 aliphatic rings. The van der Waals surface area contributed by atoms with E-state index in [0.29, 0.717) is 18.1 Å². The van der Waals surface area contributed by atoms with Crippen LogP contribution in [0.15, 0.2) is 36.7 Å². The lowest BCUT2D eigenvalue weighted by Crippen LogP contribution is -2.31. The summed E-state index contributed by atoms with van der Waals surface area (Å²) in [5.74, 6) is -0.189. The maximum atomic E-state index is 15.1. The molecule has 0 bridgehead atoms. The van der Waals surface area contributed by atoms with Gasteiger partial charge in [0.2, 0.25) is 0 Å². The molecule has 27 heavy (non-hydrogen) atoms. The van der Waals surface area contributed by atoms with E-state index < -0.39 is 6.10 Å². The zero-order valence-corrected chi connectivity index (χ0v) is 15.5. The molecule has 140 valence electrons. The van der Waals surface area contributed by atoms with Gasteiger partial charge >= 0.3 is 0 Å². The Labute approximate surface area is 158 Å². The van der Waals surface area contributed by atoms with Gasteiger partial charge in [0.15, 0.2) is 0 Å². The maximum absolute atomic E-state index is 15.1. The Morgan fingerprint density at radius 1 is 1.26 bits per heavy atom. The molecule has 1 N–H and O–H groups in total. The number of aromatic nitrogens is 2. The molecule has 1 aromatic carbocycles. The summed E-state index contributed by atoms with van der Waals surface area (Å²) in [6.07, 6.45) is 5.92. The van der Waals surface area contributed by atoms with Crippen LogP contribution in [0.4, 0.5) is 4.39 Å². The second-order valence-corrected chi connectivity index (χ2v) is 7.85. The van der Waals surface area contributed by atoms with Crippen LogP contribution in [0, 0.1) is 12.7 Å². The van der Waals surface area contributed by atoms with E-state index in [1.807, 2.05) is 23.6 Å². The monoisotopic (exact) mass is 365 g/mol. The minimum atomic E-state index is -0.685. The Morgan fingerprint density at radius 2 is 2.07 bits per heavy atom. The van der Waals surface area contributed by atoms with Crippen LogP contribution in [0.25, 0.3) is 10.9 Å². The minimum absolute atomic E-state index is 0.189. The molecular weight excluding hydrogens is 341 g/mol. The average Bonchev–Trinajstić information content (AvgIpc) is 3.25. The van der Waals surface area contributed by atoms with Crippen LogP contribution in [0.2, 0.25) is 0 Å². The first-order valence-electron chi connectivity index (χ1n) is 9.76. The predicted octanol–water partition coefficient (Wildman–Crippen LogP) is 3.91. The molecule has 0 aliphatic carbocycles. The summed E-state index contributed by atoms with van der Waals surface area (Å²) in [4.78, 5) is 6.56. The van der Waals surface area contributed by atoms with Gasteiger partial charge in [0.1, 0.15) is 5.82 Å². The number of benzene rings is 1. The summed E-state index contributed by atoms with van der Waals surface area (Å²) in [6.45, 7) is 4.46. The molecule has 5 heteroatoms. The average molecular weight is 365 g/mol. The fourth-order valence-corrected chi connectivity index (χ4v) is 5.03. The van der Waals surface area contributed by atoms with E-state index in [1.54, 1.807) is 18.5 Å². The largest absolute Gasteiger partial charge is 0.387 e. The van der Waals surface area contributed by atoms with E-state index in [9.17, 15) is 5.11 Å². The second-order valence-electron chi connectivity index (χ2n) is 7.85. The van der Waals surface area contributed by atoms with Crippen molar-refractivity contribution in [1.29, 1.82) is 0 Å². The number of aliphatic hydroxyl groups is 1. The van der Waals surface area contributed by atoms with Gasteiger partial charge in [0.05, 0.1) is 18.2 Å². The molecule has 1 saturated heterocycles. The summed E-state index contributed by atoms with van der Waals surface area (Å²) in [7, 11) is 0. The van der Waals surface area contributed by atoms with Gasteiger partial charge in [-0.05, 0) is 67.3 Å². The molecule has 1 fully saturated rings. The Morgan fingerprint density at radius 3 is 2.89 bits per heavy atom. The van der Waals surface area contributed by atoms with Crippen molar-refractivity contribution < 1.29 is 9.50 Å². The third-order valence-corrected chi connectivity index (χ3v) is 6.18. The van der Waals surface area contributed by atoms with Crippen molar-refractivity contribution in [3.63, 3.8) is 0 Å². The molecule has 2 unspecified atom stereocenters. The normalized spacial score (nSPS) is 20.6. The molecule has 0 radical (unpaired) electrons. The van der Waals surface area contributed by atoms with Crippen LogP contribution in [0.1, 0.15) is 47.4 Å². The zero-order valence-electron chi connectivity index (χ0n) is 15.5. The quantitative estimate of drug-likeness (QED) is 0.765. The van der Waals surface area contributed by atoms with Crippen molar-refractivity contribution in [2.24, 2.45) is 0 Å². The van der Waals surface area contributed by atoms with Crippen LogP contribution in [0.5, 0.6) is 0 Å². The summed E-state index contributed by atoms with van der Waals surface area (Å²) in [6, 6.07) is 7.75. The van der Waals surface area contributed by atoms with E-state index in [1.165, 1.54) is 17.7 Å². The smallest absolute Gasteiger partial charge is 0.147 e. The fourth-order valence-electron chi connectivity index (χ4n) is 5.03. The third kappa shape index (κ3) is 2.68. The Kier molecular flexibility index (Phi) is 4.02. The van der Waals surface area contributed by atoms with E-state index in [0.717, 1.165) is 42.4 Å². The predicted molar refractivity (Wildman–Crippen MR) is 103 cm³/mol. The molecule has 4 heterocycles. The molecule has 2 atom stereocenters.